The van der Waals surface area contributed by atoms with Crippen LogP contribution >= 0.6 is 0 Å². The largest absolute Gasteiger partial charge is 0.337 e. The molecular formula is C23H26N4O2. The van der Waals surface area contributed by atoms with Crippen LogP contribution in [0.5, 0.6) is 0 Å². The van der Waals surface area contributed by atoms with Crippen molar-refractivity contribution in [2.45, 2.75) is 32.9 Å². The average molecular weight is 390 g/mol. The van der Waals surface area contributed by atoms with E-state index >= 15 is 0 Å². The third-order valence-electron chi connectivity index (χ3n) is 5.30. The number of hydrogen-bond acceptors (Lipinski definition) is 5. The molecule has 3 aromatic rings. The fourth-order valence-corrected chi connectivity index (χ4v) is 3.59. The van der Waals surface area contributed by atoms with Crippen LogP contribution in [0.25, 0.3) is 11.4 Å². The van der Waals surface area contributed by atoms with Crippen molar-refractivity contribution in [2.75, 3.05) is 20.1 Å². The average Bonchev–Trinajstić information content (AvgIpc) is 3.41. The summed E-state index contributed by atoms with van der Waals surface area (Å²) in [4.78, 5) is 21.2. The van der Waals surface area contributed by atoms with Gasteiger partial charge in [-0.25, -0.2) is 0 Å². The summed E-state index contributed by atoms with van der Waals surface area (Å²) in [6.45, 7) is 5.59. The Morgan fingerprint density at radius 2 is 1.76 bits per heavy atom. The molecule has 150 valence electrons. The molecule has 1 saturated heterocycles. The maximum atomic E-state index is 12.7. The standard InChI is InChI=1S/C23H26N4O2/c1-17-5-9-19(10-6-17)22-24-21(29-25-22)16-26(2)23(28)20-11-7-18(8-12-20)15-27-13-3-4-14-27/h5-12H,3-4,13-16H2,1-2H3. The van der Waals surface area contributed by atoms with Crippen LogP contribution in [0.1, 0.15) is 40.2 Å². The maximum absolute atomic E-state index is 12.7. The van der Waals surface area contributed by atoms with E-state index in [1.165, 1.54) is 24.0 Å². The monoisotopic (exact) mass is 390 g/mol. The molecule has 2 heterocycles. The molecule has 29 heavy (non-hydrogen) atoms. The summed E-state index contributed by atoms with van der Waals surface area (Å²) in [5.74, 6) is 0.891. The highest BCUT2D eigenvalue weighted by Crippen LogP contribution is 2.18. The molecule has 0 aliphatic carbocycles. The lowest BCUT2D eigenvalue weighted by molar-refractivity contribution is 0.0769. The van der Waals surface area contributed by atoms with Crippen molar-refractivity contribution in [2.24, 2.45) is 0 Å². The van der Waals surface area contributed by atoms with Gasteiger partial charge in [-0.05, 0) is 50.6 Å². The van der Waals surface area contributed by atoms with E-state index in [1.807, 2.05) is 55.5 Å². The molecule has 0 unspecified atom stereocenters. The summed E-state index contributed by atoms with van der Waals surface area (Å²) < 4.78 is 5.34. The summed E-state index contributed by atoms with van der Waals surface area (Å²) in [6.07, 6.45) is 2.56. The van der Waals surface area contributed by atoms with Crippen LogP contribution in [-0.2, 0) is 13.1 Å². The quantitative estimate of drug-likeness (QED) is 0.638. The topological polar surface area (TPSA) is 62.5 Å². The highest BCUT2D eigenvalue weighted by molar-refractivity contribution is 5.94. The highest BCUT2D eigenvalue weighted by atomic mass is 16.5. The van der Waals surface area contributed by atoms with E-state index in [2.05, 4.69) is 15.0 Å². The number of hydrogen-bond donors (Lipinski definition) is 0. The molecule has 1 aromatic heterocycles. The Bertz CT molecular complexity index is 957. The van der Waals surface area contributed by atoms with Crippen LogP contribution in [0.4, 0.5) is 0 Å². The zero-order chi connectivity index (χ0) is 20.2. The fourth-order valence-electron chi connectivity index (χ4n) is 3.59. The summed E-state index contributed by atoms with van der Waals surface area (Å²) in [5, 5.41) is 4.03. The van der Waals surface area contributed by atoms with Crippen LogP contribution in [0.15, 0.2) is 53.1 Å². The van der Waals surface area contributed by atoms with Gasteiger partial charge in [-0.2, -0.15) is 4.98 Å². The van der Waals surface area contributed by atoms with Gasteiger partial charge in [-0.3, -0.25) is 9.69 Å². The zero-order valence-electron chi connectivity index (χ0n) is 17.0. The van der Waals surface area contributed by atoms with E-state index in [1.54, 1.807) is 11.9 Å². The van der Waals surface area contributed by atoms with E-state index in [0.29, 0.717) is 17.3 Å². The normalized spacial score (nSPS) is 14.3. The number of amides is 1. The lowest BCUT2D eigenvalue weighted by Crippen LogP contribution is -2.26. The first-order chi connectivity index (χ1) is 14.1. The summed E-state index contributed by atoms with van der Waals surface area (Å²) in [5.41, 5.74) is 3.98. The van der Waals surface area contributed by atoms with Crippen molar-refractivity contribution >= 4 is 5.91 Å². The van der Waals surface area contributed by atoms with Gasteiger partial charge in [0.25, 0.3) is 5.91 Å². The summed E-state index contributed by atoms with van der Waals surface area (Å²) in [6, 6.07) is 15.8. The van der Waals surface area contributed by atoms with Gasteiger partial charge < -0.3 is 9.42 Å². The van der Waals surface area contributed by atoms with Gasteiger partial charge in [0.2, 0.25) is 11.7 Å². The van der Waals surface area contributed by atoms with E-state index in [9.17, 15) is 4.79 Å². The number of rotatable bonds is 6. The molecule has 4 rings (SSSR count). The number of aryl methyl sites for hydroxylation is 1. The Kier molecular flexibility index (Phi) is 5.71. The van der Waals surface area contributed by atoms with Gasteiger partial charge in [0, 0.05) is 24.7 Å². The SMILES string of the molecule is Cc1ccc(-c2noc(CN(C)C(=O)c3ccc(CN4CCCC4)cc3)n2)cc1. The van der Waals surface area contributed by atoms with Crippen molar-refractivity contribution < 1.29 is 9.32 Å². The third-order valence-corrected chi connectivity index (χ3v) is 5.30. The molecule has 0 N–H and O–H groups in total. The van der Waals surface area contributed by atoms with Gasteiger partial charge in [-0.1, -0.05) is 47.1 Å². The Balaban J connectivity index is 1.37. The molecule has 0 radical (unpaired) electrons. The van der Waals surface area contributed by atoms with Gasteiger partial charge in [-0.15, -0.1) is 0 Å². The molecule has 6 nitrogen and oxygen atoms in total. The van der Waals surface area contributed by atoms with Crippen LogP contribution < -0.4 is 0 Å². The number of benzene rings is 2. The number of carbonyl (C=O) groups is 1. The lowest BCUT2D eigenvalue weighted by Gasteiger charge is -2.16. The maximum Gasteiger partial charge on any atom is 0.254 e. The van der Waals surface area contributed by atoms with Crippen LogP contribution in [0, 0.1) is 6.92 Å². The van der Waals surface area contributed by atoms with Crippen LogP contribution in [0.3, 0.4) is 0 Å². The molecular weight excluding hydrogens is 364 g/mol. The molecule has 2 aromatic carbocycles. The van der Waals surface area contributed by atoms with Gasteiger partial charge in [0.05, 0.1) is 6.54 Å². The van der Waals surface area contributed by atoms with Gasteiger partial charge >= 0.3 is 0 Å². The van der Waals surface area contributed by atoms with Crippen LogP contribution in [0.2, 0.25) is 0 Å². The van der Waals surface area contributed by atoms with Gasteiger partial charge in [0.1, 0.15) is 0 Å². The smallest absolute Gasteiger partial charge is 0.254 e. The summed E-state index contributed by atoms with van der Waals surface area (Å²) in [7, 11) is 1.75. The third kappa shape index (κ3) is 4.71. The van der Waals surface area contributed by atoms with E-state index in [0.717, 1.165) is 25.2 Å². The van der Waals surface area contributed by atoms with Crippen molar-refractivity contribution in [3.05, 3.63) is 71.1 Å². The van der Waals surface area contributed by atoms with E-state index < -0.39 is 0 Å². The minimum Gasteiger partial charge on any atom is -0.337 e. The second-order valence-electron chi connectivity index (χ2n) is 7.72. The minimum atomic E-state index is -0.0622. The summed E-state index contributed by atoms with van der Waals surface area (Å²) >= 11 is 0. The lowest BCUT2D eigenvalue weighted by atomic mass is 10.1. The minimum absolute atomic E-state index is 0.0622. The Hall–Kier alpha value is -2.99. The first-order valence-corrected chi connectivity index (χ1v) is 10.0. The van der Waals surface area contributed by atoms with Crippen LogP contribution in [-0.4, -0.2) is 46.0 Å². The van der Waals surface area contributed by atoms with E-state index in [-0.39, 0.29) is 12.5 Å². The van der Waals surface area contributed by atoms with Gasteiger partial charge in [0.15, 0.2) is 0 Å². The number of aromatic nitrogens is 2. The number of nitrogens with zero attached hydrogens (tertiary/aromatic N) is 4. The molecule has 6 heteroatoms. The van der Waals surface area contributed by atoms with Crippen molar-refractivity contribution in [1.82, 2.24) is 19.9 Å². The second kappa shape index (κ2) is 8.57. The highest BCUT2D eigenvalue weighted by Gasteiger charge is 2.17. The molecule has 0 atom stereocenters. The van der Waals surface area contributed by atoms with Crippen molar-refractivity contribution in [1.29, 1.82) is 0 Å². The molecule has 1 aliphatic rings. The first kappa shape index (κ1) is 19.3. The van der Waals surface area contributed by atoms with Crippen molar-refractivity contribution in [3.8, 4) is 11.4 Å². The Labute approximate surface area is 171 Å². The molecule has 0 spiro atoms. The molecule has 0 bridgehead atoms. The molecule has 1 aliphatic heterocycles. The fraction of sp³-hybridized carbons (Fsp3) is 0.348. The molecule has 1 amide bonds. The Morgan fingerprint density at radius 3 is 2.45 bits per heavy atom. The number of likely N-dealkylation sites (tertiary alicyclic amines) is 1. The predicted octanol–water partition coefficient (Wildman–Crippen LogP) is 3.91. The number of carbonyl (C=O) groups excluding carboxylic acids is 1. The Morgan fingerprint density at radius 1 is 1.07 bits per heavy atom. The van der Waals surface area contributed by atoms with E-state index in [4.69, 9.17) is 4.52 Å². The molecule has 0 saturated carbocycles. The van der Waals surface area contributed by atoms with Crippen molar-refractivity contribution in [3.63, 3.8) is 0 Å². The first-order valence-electron chi connectivity index (χ1n) is 10.0. The second-order valence-corrected chi connectivity index (χ2v) is 7.72. The predicted molar refractivity (Wildman–Crippen MR) is 111 cm³/mol. The molecule has 1 fully saturated rings. The zero-order valence-corrected chi connectivity index (χ0v) is 17.0.